The molecule has 0 saturated heterocycles. The van der Waals surface area contributed by atoms with E-state index >= 15 is 0 Å². The second-order valence-electron chi connectivity index (χ2n) is 10.0. The number of ether oxygens (including phenoxy) is 1. The number of carbonyl (C=O) groups is 1. The van der Waals surface area contributed by atoms with Gasteiger partial charge in [-0.3, -0.25) is 4.79 Å². The van der Waals surface area contributed by atoms with Crippen LogP contribution in [0.3, 0.4) is 0 Å². The van der Waals surface area contributed by atoms with Gasteiger partial charge in [0, 0.05) is 0 Å². The van der Waals surface area contributed by atoms with Crippen molar-refractivity contribution in [3.05, 3.63) is 0 Å². The Kier molecular flexibility index (Phi) is 29.4. The van der Waals surface area contributed by atoms with Gasteiger partial charge in [0.1, 0.15) is 15.4 Å². The molecule has 0 aliphatic heterocycles. The minimum atomic E-state index is -4.66. The van der Waals surface area contributed by atoms with Crippen LogP contribution in [-0.4, -0.2) is 30.8 Å². The van der Waals surface area contributed by atoms with Gasteiger partial charge in [0.15, 0.2) is 0 Å². The van der Waals surface area contributed by atoms with E-state index in [0.29, 0.717) is 6.42 Å². The summed E-state index contributed by atoms with van der Waals surface area (Å²) in [6.07, 6.45) is 26.0. The molecule has 0 amide bonds. The third kappa shape index (κ3) is 25.8. The van der Waals surface area contributed by atoms with Crippen molar-refractivity contribution < 1.29 is 52.1 Å². The molecule has 1 unspecified atom stereocenters. The van der Waals surface area contributed by atoms with Crippen LogP contribution in [0.2, 0.25) is 0 Å². The van der Waals surface area contributed by atoms with Gasteiger partial charge in [-0.25, -0.2) is 8.42 Å². The molecule has 35 heavy (non-hydrogen) atoms. The second-order valence-corrected chi connectivity index (χ2v) is 11.6. The van der Waals surface area contributed by atoms with Crippen LogP contribution in [-0.2, 0) is 19.6 Å². The molecule has 0 radical (unpaired) electrons. The molecule has 7 heteroatoms. The van der Waals surface area contributed by atoms with E-state index in [1.54, 1.807) is 0 Å². The monoisotopic (exact) mass is 526 g/mol. The summed E-state index contributed by atoms with van der Waals surface area (Å²) < 4.78 is 39.7. The summed E-state index contributed by atoms with van der Waals surface area (Å²) in [4.78, 5) is 12.2. The Morgan fingerprint density at radius 1 is 0.600 bits per heavy atom. The molecule has 5 nitrogen and oxygen atoms in total. The zero-order valence-corrected chi connectivity index (χ0v) is 26.3. The van der Waals surface area contributed by atoms with Gasteiger partial charge in [0.2, 0.25) is 0 Å². The van der Waals surface area contributed by atoms with Crippen molar-refractivity contribution in [2.75, 3.05) is 6.61 Å². The Balaban J connectivity index is 0. The molecular formula is C28H55NaO5S. The number of unbranched alkanes of at least 4 members (excludes halogenated alkanes) is 20. The molecule has 0 aromatic carbocycles. The van der Waals surface area contributed by atoms with E-state index in [-0.39, 0.29) is 42.6 Å². The largest absolute Gasteiger partial charge is 1.00 e. The Bertz CT molecular complexity index is 554. The van der Waals surface area contributed by atoms with Gasteiger partial charge < -0.3 is 9.29 Å². The van der Waals surface area contributed by atoms with Gasteiger partial charge in [-0.05, 0) is 12.8 Å². The molecule has 1 atom stereocenters. The molecule has 0 fully saturated rings. The van der Waals surface area contributed by atoms with E-state index in [1.165, 1.54) is 96.3 Å². The van der Waals surface area contributed by atoms with Crippen LogP contribution < -0.4 is 29.6 Å². The summed E-state index contributed by atoms with van der Waals surface area (Å²) in [6.45, 7) is 4.64. The third-order valence-electron chi connectivity index (χ3n) is 6.67. The first-order valence-electron chi connectivity index (χ1n) is 14.5. The third-order valence-corrected chi connectivity index (χ3v) is 7.80. The first kappa shape index (κ1) is 37.5. The van der Waals surface area contributed by atoms with Gasteiger partial charge in [-0.1, -0.05) is 149 Å². The first-order chi connectivity index (χ1) is 16.4. The van der Waals surface area contributed by atoms with E-state index in [1.807, 2.05) is 0 Å². The molecule has 0 bridgehead atoms. The van der Waals surface area contributed by atoms with E-state index < -0.39 is 21.3 Å². The van der Waals surface area contributed by atoms with Crippen molar-refractivity contribution in [1.29, 1.82) is 0 Å². The van der Waals surface area contributed by atoms with Crippen LogP contribution in [0.1, 0.15) is 162 Å². The predicted molar refractivity (Wildman–Crippen MR) is 142 cm³/mol. The van der Waals surface area contributed by atoms with Crippen molar-refractivity contribution in [3.8, 4) is 0 Å². The predicted octanol–water partition coefficient (Wildman–Crippen LogP) is 5.46. The zero-order valence-electron chi connectivity index (χ0n) is 23.5. The molecule has 0 aromatic rings. The average molecular weight is 527 g/mol. The second kappa shape index (κ2) is 27.4. The minimum absolute atomic E-state index is 0. The first-order valence-corrected chi connectivity index (χ1v) is 16.0. The number of rotatable bonds is 26. The van der Waals surface area contributed by atoms with E-state index in [9.17, 15) is 17.8 Å². The fourth-order valence-electron chi connectivity index (χ4n) is 4.41. The smallest absolute Gasteiger partial charge is 0.747 e. The van der Waals surface area contributed by atoms with Crippen LogP contribution in [0, 0.1) is 0 Å². The molecule has 0 aromatic heterocycles. The molecule has 0 aliphatic rings. The van der Waals surface area contributed by atoms with Crippen molar-refractivity contribution in [2.45, 2.75) is 167 Å². The summed E-state index contributed by atoms with van der Waals surface area (Å²) in [6, 6.07) is 0. The van der Waals surface area contributed by atoms with Gasteiger partial charge in [-0.15, -0.1) is 0 Å². The average Bonchev–Trinajstić information content (AvgIpc) is 2.79. The topological polar surface area (TPSA) is 83.5 Å². The zero-order chi connectivity index (χ0) is 25.3. The summed E-state index contributed by atoms with van der Waals surface area (Å²) in [7, 11) is -4.66. The maximum absolute atomic E-state index is 12.2. The minimum Gasteiger partial charge on any atom is -0.747 e. The van der Waals surface area contributed by atoms with Crippen LogP contribution in [0.25, 0.3) is 0 Å². The number of hydrogen-bond donors (Lipinski definition) is 0. The van der Waals surface area contributed by atoms with Crippen molar-refractivity contribution in [2.24, 2.45) is 0 Å². The van der Waals surface area contributed by atoms with Crippen molar-refractivity contribution in [3.63, 3.8) is 0 Å². The van der Waals surface area contributed by atoms with Crippen LogP contribution in [0.5, 0.6) is 0 Å². The molecule has 0 N–H and O–H groups in total. The van der Waals surface area contributed by atoms with Crippen molar-refractivity contribution in [1.82, 2.24) is 0 Å². The van der Waals surface area contributed by atoms with Gasteiger partial charge >= 0.3 is 35.5 Å². The summed E-state index contributed by atoms with van der Waals surface area (Å²) in [5.74, 6) is -0.854. The molecular weight excluding hydrogens is 471 g/mol. The Hall–Kier alpha value is 0.380. The van der Waals surface area contributed by atoms with Crippen LogP contribution in [0.4, 0.5) is 0 Å². The molecule has 0 spiro atoms. The standard InChI is InChI=1S/C28H56O5S.Na/c1-3-5-7-9-11-13-14-15-16-17-18-20-22-24-26-33-28(29)27(34(30,31)32)25-23-21-19-12-10-8-6-4-2;/h27H,3-26H2,1-2H3,(H,30,31,32);/q;+1/p-1. The number of carbonyl (C=O) groups excluding carboxylic acids is 1. The normalized spacial score (nSPS) is 12.3. The molecule has 0 rings (SSSR count). The number of hydrogen-bond acceptors (Lipinski definition) is 5. The Labute approximate surface area is 240 Å². The van der Waals surface area contributed by atoms with Crippen LogP contribution in [0.15, 0.2) is 0 Å². The van der Waals surface area contributed by atoms with Gasteiger partial charge in [0.05, 0.1) is 6.61 Å². The molecule has 0 heterocycles. The summed E-state index contributed by atoms with van der Waals surface area (Å²) >= 11 is 0. The molecule has 204 valence electrons. The summed E-state index contributed by atoms with van der Waals surface area (Å²) in [5.41, 5.74) is 0. The van der Waals surface area contributed by atoms with E-state index in [4.69, 9.17) is 4.74 Å². The maximum atomic E-state index is 12.2. The SMILES string of the molecule is CCCCCCCCCCCCCCCCOC(=O)C(CCCCCCCCCC)S(=O)(=O)[O-].[Na+]. The van der Waals surface area contributed by atoms with Crippen molar-refractivity contribution >= 4 is 16.1 Å². The Morgan fingerprint density at radius 2 is 0.914 bits per heavy atom. The van der Waals surface area contributed by atoms with Crippen LogP contribution >= 0.6 is 0 Å². The fraction of sp³-hybridized carbons (Fsp3) is 0.964. The summed E-state index contributed by atoms with van der Waals surface area (Å²) in [5, 5.41) is -1.54. The van der Waals surface area contributed by atoms with Gasteiger partial charge in [-0.2, -0.15) is 0 Å². The molecule has 0 saturated carbocycles. The Morgan fingerprint density at radius 3 is 1.26 bits per heavy atom. The van der Waals surface area contributed by atoms with E-state index in [0.717, 1.165) is 38.5 Å². The number of esters is 1. The maximum Gasteiger partial charge on any atom is 1.00 e. The quantitative estimate of drug-likeness (QED) is 0.0647. The van der Waals surface area contributed by atoms with E-state index in [2.05, 4.69) is 13.8 Å². The fourth-order valence-corrected chi connectivity index (χ4v) is 5.17. The van der Waals surface area contributed by atoms with Gasteiger partial charge in [0.25, 0.3) is 0 Å². The molecule has 0 aliphatic carbocycles.